The normalized spacial score (nSPS) is 17.8. The van der Waals surface area contributed by atoms with Gasteiger partial charge in [0.2, 0.25) is 10.0 Å². The topological polar surface area (TPSA) is 61.9 Å². The van der Waals surface area contributed by atoms with E-state index in [1.54, 1.807) is 13.1 Å². The molecule has 1 fully saturated rings. The van der Waals surface area contributed by atoms with Crippen LogP contribution in [0, 0.1) is 0 Å². The number of nitrogens with one attached hydrogen (secondary N) is 1. The molecule has 0 radical (unpaired) electrons. The molecule has 164 valence electrons. The second kappa shape index (κ2) is 9.81. The van der Waals surface area contributed by atoms with Gasteiger partial charge in [-0.15, -0.1) is 0 Å². The van der Waals surface area contributed by atoms with Gasteiger partial charge in [-0.3, -0.25) is 9.73 Å². The van der Waals surface area contributed by atoms with Gasteiger partial charge in [0.05, 0.1) is 18.0 Å². The monoisotopic (exact) mass is 431 g/mol. The van der Waals surface area contributed by atoms with E-state index in [1.165, 1.54) is 22.5 Å². The molecule has 1 heterocycles. The van der Waals surface area contributed by atoms with Crippen LogP contribution < -0.4 is 14.5 Å². The molecule has 1 unspecified atom stereocenters. The third-order valence-corrected chi connectivity index (χ3v) is 6.63. The average Bonchev–Trinajstić information content (AvgIpc) is 2.72. The van der Waals surface area contributed by atoms with Gasteiger partial charge in [0.25, 0.3) is 0 Å². The van der Waals surface area contributed by atoms with Gasteiger partial charge in [-0.05, 0) is 50.5 Å². The van der Waals surface area contributed by atoms with Crippen molar-refractivity contribution in [2.75, 3.05) is 24.2 Å². The summed E-state index contributed by atoms with van der Waals surface area (Å²) in [5.74, 6) is 0.774. The summed E-state index contributed by atoms with van der Waals surface area (Å²) in [4.78, 5) is 0. The van der Waals surface area contributed by atoms with E-state index in [2.05, 4.69) is 34.7 Å². The predicted molar refractivity (Wildman–Crippen MR) is 122 cm³/mol. The highest BCUT2D eigenvalue weighted by Crippen LogP contribution is 2.31. The molecule has 30 heavy (non-hydrogen) atoms. The number of piperidine rings is 1. The second-order valence-electron chi connectivity index (χ2n) is 8.14. The van der Waals surface area contributed by atoms with Crippen LogP contribution in [0.5, 0.6) is 5.75 Å². The minimum atomic E-state index is -3.33. The van der Waals surface area contributed by atoms with Crippen LogP contribution in [0.25, 0.3) is 0 Å². The smallest absolute Gasteiger partial charge is 0.231 e. The standard InChI is InChI=1S/C23H33N3O3S/c1-18(2)29-23-14-13-21(25(3)30(4,27)28)16-20(23)17-24-26-15-9-8-12-22(26)19-10-6-5-7-11-19/h5-7,10-11,13-14,16,18,22,24H,8-9,12,15,17H2,1-4H3. The maximum atomic E-state index is 12.0. The number of hydrazine groups is 1. The summed E-state index contributed by atoms with van der Waals surface area (Å²) in [5.41, 5.74) is 6.47. The molecular weight excluding hydrogens is 398 g/mol. The molecule has 0 spiro atoms. The highest BCUT2D eigenvalue weighted by atomic mass is 32.2. The van der Waals surface area contributed by atoms with Crippen LogP contribution in [0.4, 0.5) is 5.69 Å². The molecule has 0 bridgehead atoms. The Balaban J connectivity index is 1.82. The van der Waals surface area contributed by atoms with E-state index in [4.69, 9.17) is 4.74 Å². The zero-order valence-electron chi connectivity index (χ0n) is 18.3. The van der Waals surface area contributed by atoms with Crippen molar-refractivity contribution in [1.82, 2.24) is 10.4 Å². The van der Waals surface area contributed by atoms with Gasteiger partial charge in [0.15, 0.2) is 0 Å². The number of sulfonamides is 1. The third-order valence-electron chi connectivity index (χ3n) is 5.43. The summed E-state index contributed by atoms with van der Waals surface area (Å²) in [6.07, 6.45) is 4.73. The lowest BCUT2D eigenvalue weighted by Gasteiger charge is -2.36. The first-order valence-corrected chi connectivity index (χ1v) is 12.4. The zero-order valence-corrected chi connectivity index (χ0v) is 19.2. The Hall–Kier alpha value is -2.09. The number of hydrogen-bond acceptors (Lipinski definition) is 5. The Morgan fingerprint density at radius 2 is 1.90 bits per heavy atom. The Morgan fingerprint density at radius 1 is 1.17 bits per heavy atom. The molecule has 1 aliphatic rings. The van der Waals surface area contributed by atoms with Crippen molar-refractivity contribution in [2.45, 2.75) is 51.8 Å². The van der Waals surface area contributed by atoms with Gasteiger partial charge in [-0.25, -0.2) is 13.4 Å². The quantitative estimate of drug-likeness (QED) is 0.682. The highest BCUT2D eigenvalue weighted by molar-refractivity contribution is 7.92. The fourth-order valence-electron chi connectivity index (χ4n) is 3.79. The molecule has 3 rings (SSSR count). The molecule has 1 N–H and O–H groups in total. The lowest BCUT2D eigenvalue weighted by molar-refractivity contribution is 0.0818. The molecule has 6 nitrogen and oxygen atoms in total. The van der Waals surface area contributed by atoms with Crippen molar-refractivity contribution < 1.29 is 13.2 Å². The number of benzene rings is 2. The Labute approximate surface area is 180 Å². The van der Waals surface area contributed by atoms with Gasteiger partial charge in [0.1, 0.15) is 5.75 Å². The maximum Gasteiger partial charge on any atom is 0.231 e. The minimum Gasteiger partial charge on any atom is -0.491 e. The fraction of sp³-hybridized carbons (Fsp3) is 0.478. The molecule has 7 heteroatoms. The maximum absolute atomic E-state index is 12.0. The van der Waals surface area contributed by atoms with Crippen LogP contribution in [0.3, 0.4) is 0 Å². The number of anilines is 1. The second-order valence-corrected chi connectivity index (χ2v) is 10.2. The first-order valence-electron chi connectivity index (χ1n) is 10.5. The van der Waals surface area contributed by atoms with Gasteiger partial charge >= 0.3 is 0 Å². The number of rotatable bonds is 8. The number of hydrogen-bond donors (Lipinski definition) is 1. The fourth-order valence-corrected chi connectivity index (χ4v) is 4.29. The summed E-state index contributed by atoms with van der Waals surface area (Å²) in [5, 5.41) is 2.31. The SMILES string of the molecule is CC(C)Oc1ccc(N(C)S(C)(=O)=O)cc1CNN1CCCCC1c1ccccc1. The molecular formula is C23H33N3O3S. The van der Waals surface area contributed by atoms with Crippen molar-refractivity contribution in [3.8, 4) is 5.75 Å². The lowest BCUT2D eigenvalue weighted by Crippen LogP contribution is -2.43. The number of nitrogens with zero attached hydrogens (tertiary/aromatic N) is 2. The van der Waals surface area contributed by atoms with Crippen LogP contribution in [0.15, 0.2) is 48.5 Å². The van der Waals surface area contributed by atoms with Crippen molar-refractivity contribution in [3.63, 3.8) is 0 Å². The largest absolute Gasteiger partial charge is 0.491 e. The molecule has 2 aromatic rings. The van der Waals surface area contributed by atoms with Crippen molar-refractivity contribution in [1.29, 1.82) is 0 Å². The van der Waals surface area contributed by atoms with E-state index in [1.807, 2.05) is 32.0 Å². The summed E-state index contributed by atoms with van der Waals surface area (Å²) >= 11 is 0. The first-order chi connectivity index (χ1) is 14.3. The first kappa shape index (κ1) is 22.6. The summed E-state index contributed by atoms with van der Waals surface area (Å²) in [6.45, 7) is 5.52. The predicted octanol–water partition coefficient (Wildman–Crippen LogP) is 4.10. The van der Waals surface area contributed by atoms with Crippen LogP contribution >= 0.6 is 0 Å². The molecule has 0 aliphatic carbocycles. The molecule has 1 atom stereocenters. The molecule has 0 amide bonds. The van der Waals surface area contributed by atoms with E-state index in [9.17, 15) is 8.42 Å². The molecule has 0 aromatic heterocycles. The molecule has 2 aromatic carbocycles. The van der Waals surface area contributed by atoms with Gasteiger partial charge < -0.3 is 4.74 Å². The average molecular weight is 432 g/mol. The zero-order chi connectivity index (χ0) is 21.7. The Bertz CT molecular complexity index is 932. The van der Waals surface area contributed by atoms with Crippen molar-refractivity contribution >= 4 is 15.7 Å². The van der Waals surface area contributed by atoms with Crippen molar-refractivity contribution in [2.24, 2.45) is 0 Å². The van der Waals surface area contributed by atoms with E-state index in [0.717, 1.165) is 30.7 Å². The van der Waals surface area contributed by atoms with Crippen LogP contribution in [-0.2, 0) is 16.6 Å². The Kier molecular flexibility index (Phi) is 7.39. The van der Waals surface area contributed by atoms with Crippen LogP contribution in [-0.4, -0.2) is 39.4 Å². The molecule has 1 aliphatic heterocycles. The summed E-state index contributed by atoms with van der Waals surface area (Å²) < 4.78 is 31.2. The van der Waals surface area contributed by atoms with Gasteiger partial charge in [-0.2, -0.15) is 0 Å². The number of ether oxygens (including phenoxy) is 1. The summed E-state index contributed by atoms with van der Waals surface area (Å²) in [7, 11) is -1.76. The summed E-state index contributed by atoms with van der Waals surface area (Å²) in [6, 6.07) is 16.4. The molecule has 1 saturated heterocycles. The molecule has 0 saturated carbocycles. The van der Waals surface area contributed by atoms with E-state index >= 15 is 0 Å². The van der Waals surface area contributed by atoms with Gasteiger partial charge in [0, 0.05) is 31.7 Å². The van der Waals surface area contributed by atoms with Crippen LogP contribution in [0.2, 0.25) is 0 Å². The minimum absolute atomic E-state index is 0.0364. The van der Waals surface area contributed by atoms with Gasteiger partial charge in [-0.1, -0.05) is 36.8 Å². The van der Waals surface area contributed by atoms with Crippen molar-refractivity contribution in [3.05, 3.63) is 59.7 Å². The Morgan fingerprint density at radius 3 is 2.57 bits per heavy atom. The van der Waals surface area contributed by atoms with Crippen LogP contribution in [0.1, 0.15) is 50.3 Å². The highest BCUT2D eigenvalue weighted by Gasteiger charge is 2.24. The lowest BCUT2D eigenvalue weighted by atomic mass is 9.97. The van der Waals surface area contributed by atoms with E-state index in [-0.39, 0.29) is 6.10 Å². The van der Waals surface area contributed by atoms with E-state index < -0.39 is 10.0 Å². The third kappa shape index (κ3) is 5.74. The van der Waals surface area contributed by atoms with E-state index in [0.29, 0.717) is 18.3 Å².